The van der Waals surface area contributed by atoms with E-state index in [1.54, 1.807) is 0 Å². The van der Waals surface area contributed by atoms with Gasteiger partial charge in [0.25, 0.3) is 0 Å². The molecule has 0 aliphatic rings. The van der Waals surface area contributed by atoms with Gasteiger partial charge in [-0.15, -0.1) is 0 Å². The van der Waals surface area contributed by atoms with Gasteiger partial charge in [0.15, 0.2) is 0 Å². The van der Waals surface area contributed by atoms with Crippen LogP contribution in [0.25, 0.3) is 0 Å². The SMILES string of the molecule is C(=N\N(CCCCCN(/N=C/c1ccc(N(c2ccccc2)c2ccccc2)cc1)c1ccccc1)c1ccccc1)/c1ccc(N(c2ccccc2)c2ccccc2)cc1.C(=N\N(CN(/N=C/c1ccc(N(c2ccccc2)c2ccccc2)cc1)c1ccccc1)c1ccccc1)/c1ccc(N(c2ccccc2)c2ccccc2)cc1. The van der Waals surface area contributed by atoms with E-state index < -0.39 is 0 Å². The molecule has 0 fully saturated rings. The summed E-state index contributed by atoms with van der Waals surface area (Å²) in [4.78, 5) is 9.04. The van der Waals surface area contributed by atoms with E-state index in [2.05, 4.69) is 394 Å². The van der Waals surface area contributed by atoms with Crippen LogP contribution in [0.4, 0.5) is 91.0 Å². The molecular formula is C106H92N12. The van der Waals surface area contributed by atoms with Gasteiger partial charge < -0.3 is 19.6 Å². The Morgan fingerprint density at radius 3 is 0.466 bits per heavy atom. The van der Waals surface area contributed by atoms with Gasteiger partial charge in [0.05, 0.1) is 47.6 Å². The second-order valence-corrected chi connectivity index (χ2v) is 28.0. The topological polar surface area (TPSA) is 75.4 Å². The van der Waals surface area contributed by atoms with Crippen molar-refractivity contribution in [1.82, 2.24) is 0 Å². The maximum atomic E-state index is 5.04. The van der Waals surface area contributed by atoms with Gasteiger partial charge in [-0.2, -0.15) is 20.4 Å². The lowest BCUT2D eigenvalue weighted by molar-refractivity contribution is 0.648. The molecule has 0 aliphatic heterocycles. The summed E-state index contributed by atoms with van der Waals surface area (Å²) >= 11 is 0. The third-order valence-corrected chi connectivity index (χ3v) is 19.8. The molecule has 0 saturated heterocycles. The van der Waals surface area contributed by atoms with Crippen LogP contribution in [0.15, 0.2) is 481 Å². The molecule has 16 aromatic carbocycles. The summed E-state index contributed by atoms with van der Waals surface area (Å²) in [6, 6.07) is 159. The number of benzene rings is 16. The number of nitrogens with zero attached hydrogens (tertiary/aromatic N) is 12. The van der Waals surface area contributed by atoms with Crippen molar-refractivity contribution in [2.24, 2.45) is 20.4 Å². The van der Waals surface area contributed by atoms with Crippen molar-refractivity contribution in [2.45, 2.75) is 19.3 Å². The van der Waals surface area contributed by atoms with Crippen LogP contribution in [0.5, 0.6) is 0 Å². The average molecular weight is 1530 g/mol. The van der Waals surface area contributed by atoms with Crippen molar-refractivity contribution in [3.05, 3.63) is 483 Å². The molecule has 0 atom stereocenters. The highest BCUT2D eigenvalue weighted by atomic mass is 15.6. The molecule has 118 heavy (non-hydrogen) atoms. The Labute approximate surface area is 693 Å². The summed E-state index contributed by atoms with van der Waals surface area (Å²) in [6.45, 7) is 1.99. The molecule has 0 spiro atoms. The van der Waals surface area contributed by atoms with Gasteiger partial charge in [-0.25, -0.2) is 10.0 Å². The lowest BCUT2D eigenvalue weighted by Crippen LogP contribution is -2.32. The van der Waals surface area contributed by atoms with Gasteiger partial charge in [0.2, 0.25) is 0 Å². The highest BCUT2D eigenvalue weighted by molar-refractivity contribution is 5.88. The summed E-state index contributed by atoms with van der Waals surface area (Å²) in [6.07, 6.45) is 10.7. The Morgan fingerprint density at radius 2 is 0.288 bits per heavy atom. The highest BCUT2D eigenvalue weighted by Crippen LogP contribution is 2.39. The molecule has 0 amide bonds. The van der Waals surface area contributed by atoms with Crippen molar-refractivity contribution in [2.75, 3.05) is 59.4 Å². The molecule has 0 aliphatic carbocycles. The summed E-state index contributed by atoms with van der Waals surface area (Å²) < 4.78 is 0. The van der Waals surface area contributed by atoms with Crippen LogP contribution < -0.4 is 39.6 Å². The molecule has 12 heteroatoms. The van der Waals surface area contributed by atoms with E-state index >= 15 is 0 Å². The number of unbranched alkanes of at least 4 members (excludes halogenated alkanes) is 2. The molecular weight excluding hydrogens is 1440 g/mol. The Kier molecular flexibility index (Phi) is 27.0. The van der Waals surface area contributed by atoms with Crippen LogP contribution in [0.2, 0.25) is 0 Å². The molecule has 16 rings (SSSR count). The van der Waals surface area contributed by atoms with Gasteiger partial charge in [-0.3, -0.25) is 10.0 Å². The summed E-state index contributed by atoms with van der Waals surface area (Å²) in [7, 11) is 0. The minimum Gasteiger partial charge on any atom is -0.311 e. The van der Waals surface area contributed by atoms with Gasteiger partial charge in [0.1, 0.15) is 6.67 Å². The first-order chi connectivity index (χ1) is 58.6. The third kappa shape index (κ3) is 21.3. The maximum Gasteiger partial charge on any atom is 0.134 e. The first-order valence-electron chi connectivity index (χ1n) is 40.0. The van der Waals surface area contributed by atoms with E-state index in [9.17, 15) is 0 Å². The predicted octanol–water partition coefficient (Wildman–Crippen LogP) is 27.1. The first-order valence-corrected chi connectivity index (χ1v) is 40.0. The zero-order chi connectivity index (χ0) is 79.8. The maximum absolute atomic E-state index is 5.04. The van der Waals surface area contributed by atoms with E-state index in [4.69, 9.17) is 20.4 Å². The van der Waals surface area contributed by atoms with Crippen LogP contribution in [-0.4, -0.2) is 44.6 Å². The molecule has 12 nitrogen and oxygen atoms in total. The molecule has 0 saturated carbocycles. The van der Waals surface area contributed by atoms with Crippen molar-refractivity contribution in [1.29, 1.82) is 0 Å². The molecule has 16 aromatic rings. The normalized spacial score (nSPS) is 11.1. The standard InChI is InChI=1S/C55H50N6.C51H42N6/c1-8-22-48(23-9-1)58(56-44-46-34-38-54(39-35-46)60(50-26-12-3-13-27-50)51-28-14-4-15-29-51)42-20-7-21-43-59(49-24-10-2-11-25-49)57-45-47-36-40-55(41-37-47)61(52-30-16-5-17-31-52)53-32-18-6-19-33-53;1-7-19-44(20-8-1)54(52-39-42-31-35-50(36-32-42)56(46-23-11-3-12-24-46)47-25-13-4-14-26-47)41-55(45-21-9-2-10-22-45)53-40-43-33-37-51(38-34-43)57(48-27-15-5-16-28-48)49-29-17-6-18-30-49/h1-6,8-19,22-41,44-45H,7,20-21,42-43H2;1-40H,41H2/b56-44+,57-45+;52-39+,53-40+. The van der Waals surface area contributed by atoms with E-state index in [0.29, 0.717) is 6.67 Å². The van der Waals surface area contributed by atoms with Crippen molar-refractivity contribution in [3.8, 4) is 0 Å². The largest absolute Gasteiger partial charge is 0.311 e. The lowest BCUT2D eigenvalue weighted by Gasteiger charge is -2.27. The molecule has 0 aromatic heterocycles. The van der Waals surface area contributed by atoms with Crippen LogP contribution in [0.3, 0.4) is 0 Å². The molecule has 0 unspecified atom stereocenters. The van der Waals surface area contributed by atoms with Crippen molar-refractivity contribution >= 4 is 116 Å². The van der Waals surface area contributed by atoms with Crippen LogP contribution in [0.1, 0.15) is 41.5 Å². The van der Waals surface area contributed by atoms with Crippen molar-refractivity contribution < 1.29 is 0 Å². The van der Waals surface area contributed by atoms with E-state index in [1.165, 1.54) is 0 Å². The Balaban J connectivity index is 0.000000185. The summed E-state index contributed by atoms with van der Waals surface area (Å²) in [5.41, 5.74) is 21.3. The van der Waals surface area contributed by atoms with Gasteiger partial charge >= 0.3 is 0 Å². The smallest absolute Gasteiger partial charge is 0.134 e. The quantitative estimate of drug-likeness (QED) is 0.0179. The van der Waals surface area contributed by atoms with Gasteiger partial charge in [-0.1, -0.05) is 267 Å². The lowest BCUT2D eigenvalue weighted by atomic mass is 10.1. The fourth-order valence-electron chi connectivity index (χ4n) is 13.9. The number of para-hydroxylation sites is 12. The molecule has 0 N–H and O–H groups in total. The van der Waals surface area contributed by atoms with E-state index in [-0.39, 0.29) is 0 Å². The monoisotopic (exact) mass is 1530 g/mol. The van der Waals surface area contributed by atoms with Crippen molar-refractivity contribution in [3.63, 3.8) is 0 Å². The second kappa shape index (κ2) is 40.9. The molecule has 0 heterocycles. The third-order valence-electron chi connectivity index (χ3n) is 19.8. The minimum atomic E-state index is 0.378. The number of hydrazone groups is 4. The van der Waals surface area contributed by atoms with E-state index in [1.807, 2.05) is 132 Å². The Hall–Kier alpha value is -15.4. The summed E-state index contributed by atoms with van der Waals surface area (Å²) in [5.74, 6) is 0. The zero-order valence-corrected chi connectivity index (χ0v) is 65.8. The van der Waals surface area contributed by atoms with Crippen LogP contribution >= 0.6 is 0 Å². The minimum absolute atomic E-state index is 0.378. The fraction of sp³-hybridized carbons (Fsp3) is 0.0566. The number of hydrogen-bond acceptors (Lipinski definition) is 12. The molecule has 576 valence electrons. The first kappa shape index (κ1) is 77.9. The predicted molar refractivity (Wildman–Crippen MR) is 499 cm³/mol. The summed E-state index contributed by atoms with van der Waals surface area (Å²) in [5, 5.41) is 28.3. The van der Waals surface area contributed by atoms with Gasteiger partial charge in [0, 0.05) is 81.3 Å². The van der Waals surface area contributed by atoms with E-state index in [0.717, 1.165) is 146 Å². The zero-order valence-electron chi connectivity index (χ0n) is 65.8. The van der Waals surface area contributed by atoms with Crippen LogP contribution in [0, 0.1) is 0 Å². The number of anilines is 16. The highest BCUT2D eigenvalue weighted by Gasteiger charge is 2.19. The Morgan fingerprint density at radius 1 is 0.144 bits per heavy atom. The number of rotatable bonds is 32. The molecule has 0 radical (unpaired) electrons. The van der Waals surface area contributed by atoms with Crippen LogP contribution in [-0.2, 0) is 0 Å². The second-order valence-electron chi connectivity index (χ2n) is 28.0. The van der Waals surface area contributed by atoms with Gasteiger partial charge in [-0.05, 0) is 236 Å². The molecule has 0 bridgehead atoms. The number of hydrogen-bond donors (Lipinski definition) is 0. The Bertz CT molecular complexity index is 5200. The average Bonchev–Trinajstić information content (AvgIpc) is 0.825. The fourth-order valence-corrected chi connectivity index (χ4v) is 13.9.